The molecule has 0 bridgehead atoms. The minimum absolute atomic E-state index is 0.0796. The van der Waals surface area contributed by atoms with Gasteiger partial charge in [0, 0.05) is 12.6 Å². The Morgan fingerprint density at radius 2 is 2.10 bits per heavy atom. The van der Waals surface area contributed by atoms with Gasteiger partial charge in [-0.05, 0) is 42.5 Å². The van der Waals surface area contributed by atoms with Gasteiger partial charge in [-0.1, -0.05) is 19.1 Å². The molecule has 1 rings (SSSR count). The fraction of sp³-hybridized carbons (Fsp3) is 0.533. The zero-order chi connectivity index (χ0) is 14.8. The van der Waals surface area contributed by atoms with Gasteiger partial charge < -0.3 is 15.8 Å². The highest BCUT2D eigenvalue weighted by Gasteiger charge is 2.02. The normalized spacial score (nSPS) is 12.1. The molecule has 0 radical (unpaired) electrons. The molecule has 1 aromatic rings. The number of hydrogen-bond donors (Lipinski definition) is 2. The number of amides is 1. The molecule has 0 saturated carbocycles. The summed E-state index contributed by atoms with van der Waals surface area (Å²) in [5, 5.41) is 3.50. The molecule has 0 fully saturated rings. The quantitative estimate of drug-likeness (QED) is 0.650. The van der Waals surface area contributed by atoms with Gasteiger partial charge in [-0.15, -0.1) is 0 Å². The van der Waals surface area contributed by atoms with Gasteiger partial charge in [0.15, 0.2) is 6.61 Å². The summed E-state index contributed by atoms with van der Waals surface area (Å²) in [7, 11) is 0. The van der Waals surface area contributed by atoms with Crippen molar-refractivity contribution in [3.8, 4) is 5.75 Å². The van der Waals surface area contributed by atoms with Crippen LogP contribution in [0.15, 0.2) is 24.3 Å². The number of nitrogens with one attached hydrogen (secondary N) is 1. The van der Waals surface area contributed by atoms with Gasteiger partial charge in [0.05, 0.1) is 0 Å². The van der Waals surface area contributed by atoms with E-state index in [-0.39, 0.29) is 6.61 Å². The van der Waals surface area contributed by atoms with Crippen LogP contribution in [0.4, 0.5) is 0 Å². The predicted molar refractivity (Wildman–Crippen MR) is 85.0 cm³/mol. The summed E-state index contributed by atoms with van der Waals surface area (Å²) >= 11 is 1.97. The van der Waals surface area contributed by atoms with E-state index in [4.69, 9.17) is 10.5 Å². The molecule has 112 valence electrons. The van der Waals surface area contributed by atoms with Gasteiger partial charge in [0.1, 0.15) is 5.75 Å². The van der Waals surface area contributed by atoms with Crippen molar-refractivity contribution in [2.75, 3.05) is 18.1 Å². The van der Waals surface area contributed by atoms with Crippen molar-refractivity contribution in [3.05, 3.63) is 29.8 Å². The molecule has 3 N–H and O–H groups in total. The summed E-state index contributed by atoms with van der Waals surface area (Å²) in [6.07, 6.45) is 1.18. The van der Waals surface area contributed by atoms with E-state index in [2.05, 4.69) is 19.2 Å². The largest absolute Gasteiger partial charge is 0.484 e. The number of hydrogen-bond acceptors (Lipinski definition) is 4. The van der Waals surface area contributed by atoms with Gasteiger partial charge in [-0.2, -0.15) is 11.8 Å². The molecular formula is C15H24N2O2S. The number of nitrogens with two attached hydrogens (primary N) is 1. The molecule has 0 spiro atoms. The molecule has 1 amide bonds. The first-order valence-electron chi connectivity index (χ1n) is 6.93. The second-order valence-corrected chi connectivity index (χ2v) is 6.06. The van der Waals surface area contributed by atoms with E-state index >= 15 is 0 Å². The number of rotatable bonds is 10. The summed E-state index contributed by atoms with van der Waals surface area (Å²) in [6, 6.07) is 8.22. The second-order valence-electron chi connectivity index (χ2n) is 4.67. The summed E-state index contributed by atoms with van der Waals surface area (Å²) in [5.41, 5.74) is 6.23. The average molecular weight is 296 g/mol. The molecular weight excluding hydrogens is 272 g/mol. The Morgan fingerprint density at radius 3 is 2.70 bits per heavy atom. The molecule has 20 heavy (non-hydrogen) atoms. The lowest BCUT2D eigenvalue weighted by atomic mass is 10.2. The molecule has 0 saturated heterocycles. The second kappa shape index (κ2) is 9.66. The van der Waals surface area contributed by atoms with Crippen LogP contribution in [-0.2, 0) is 11.3 Å². The number of primary amides is 1. The fourth-order valence-electron chi connectivity index (χ4n) is 1.66. The van der Waals surface area contributed by atoms with Gasteiger partial charge >= 0.3 is 0 Å². The van der Waals surface area contributed by atoms with Crippen molar-refractivity contribution in [3.63, 3.8) is 0 Å². The lowest BCUT2D eigenvalue weighted by Gasteiger charge is -2.13. The third-order valence-corrected chi connectivity index (χ3v) is 3.79. The van der Waals surface area contributed by atoms with E-state index in [0.29, 0.717) is 11.8 Å². The highest BCUT2D eigenvalue weighted by Crippen LogP contribution is 2.12. The van der Waals surface area contributed by atoms with Crippen LogP contribution in [0.1, 0.15) is 25.8 Å². The van der Waals surface area contributed by atoms with Gasteiger partial charge in [0.25, 0.3) is 5.91 Å². The van der Waals surface area contributed by atoms with E-state index in [1.807, 2.05) is 36.0 Å². The fourth-order valence-corrected chi connectivity index (χ4v) is 2.47. The highest BCUT2D eigenvalue weighted by molar-refractivity contribution is 7.99. The van der Waals surface area contributed by atoms with E-state index < -0.39 is 5.91 Å². The lowest BCUT2D eigenvalue weighted by Crippen LogP contribution is -2.26. The molecule has 0 aliphatic rings. The maximum Gasteiger partial charge on any atom is 0.255 e. The molecule has 0 aromatic heterocycles. The maximum atomic E-state index is 10.6. The first kappa shape index (κ1) is 16.9. The van der Waals surface area contributed by atoms with Gasteiger partial charge in [-0.25, -0.2) is 0 Å². The smallest absolute Gasteiger partial charge is 0.255 e. The standard InChI is InChI=1S/C15H24N2O2S/c1-3-20-9-8-12(2)17-10-13-4-6-14(7-5-13)19-11-15(16)18/h4-7,12,17H,3,8-11H2,1-2H3,(H2,16,18). The van der Waals surface area contributed by atoms with Crippen molar-refractivity contribution >= 4 is 17.7 Å². The predicted octanol–water partition coefficient (Wildman–Crippen LogP) is 2.17. The Labute approximate surface area is 125 Å². The van der Waals surface area contributed by atoms with Crippen LogP contribution in [0.25, 0.3) is 0 Å². The van der Waals surface area contributed by atoms with E-state index in [1.54, 1.807) is 0 Å². The van der Waals surface area contributed by atoms with Crippen molar-refractivity contribution in [2.45, 2.75) is 32.9 Å². The lowest BCUT2D eigenvalue weighted by molar-refractivity contribution is -0.119. The molecule has 0 heterocycles. The topological polar surface area (TPSA) is 64.3 Å². The van der Waals surface area contributed by atoms with Crippen LogP contribution < -0.4 is 15.8 Å². The Kier molecular flexibility index (Phi) is 8.14. The summed E-state index contributed by atoms with van der Waals surface area (Å²) in [6.45, 7) is 5.16. The zero-order valence-corrected chi connectivity index (χ0v) is 13.0. The van der Waals surface area contributed by atoms with Crippen LogP contribution in [-0.4, -0.2) is 30.1 Å². The minimum atomic E-state index is -0.463. The van der Waals surface area contributed by atoms with Crippen LogP contribution in [0.2, 0.25) is 0 Å². The number of ether oxygens (including phenoxy) is 1. The Morgan fingerprint density at radius 1 is 1.40 bits per heavy atom. The molecule has 0 aliphatic carbocycles. The third kappa shape index (κ3) is 7.40. The monoisotopic (exact) mass is 296 g/mol. The summed E-state index contributed by atoms with van der Waals surface area (Å²) in [4.78, 5) is 10.6. The van der Waals surface area contributed by atoms with Crippen molar-refractivity contribution in [1.29, 1.82) is 0 Å². The number of benzene rings is 1. The third-order valence-electron chi connectivity index (χ3n) is 2.86. The van der Waals surface area contributed by atoms with Crippen LogP contribution in [0, 0.1) is 0 Å². The highest BCUT2D eigenvalue weighted by atomic mass is 32.2. The maximum absolute atomic E-state index is 10.6. The zero-order valence-electron chi connectivity index (χ0n) is 12.2. The molecule has 5 heteroatoms. The summed E-state index contributed by atoms with van der Waals surface area (Å²) in [5.74, 6) is 2.58. The van der Waals surface area contributed by atoms with Gasteiger partial charge in [0.2, 0.25) is 0 Å². The van der Waals surface area contributed by atoms with Crippen LogP contribution in [0.5, 0.6) is 5.75 Å². The number of carbonyl (C=O) groups excluding carboxylic acids is 1. The van der Waals surface area contributed by atoms with E-state index in [9.17, 15) is 4.79 Å². The molecule has 4 nitrogen and oxygen atoms in total. The Bertz CT molecular complexity index is 395. The minimum Gasteiger partial charge on any atom is -0.484 e. The van der Waals surface area contributed by atoms with E-state index in [1.165, 1.54) is 23.5 Å². The number of thioether (sulfide) groups is 1. The Balaban J connectivity index is 2.28. The molecule has 1 aromatic carbocycles. The molecule has 0 aliphatic heterocycles. The van der Waals surface area contributed by atoms with Gasteiger partial charge in [-0.3, -0.25) is 4.79 Å². The first-order chi connectivity index (χ1) is 9.61. The first-order valence-corrected chi connectivity index (χ1v) is 8.08. The van der Waals surface area contributed by atoms with Crippen LogP contribution >= 0.6 is 11.8 Å². The summed E-state index contributed by atoms with van der Waals surface area (Å²) < 4.78 is 5.22. The molecule has 1 unspecified atom stereocenters. The Hall–Kier alpha value is -1.20. The molecule has 1 atom stereocenters. The average Bonchev–Trinajstić information content (AvgIpc) is 2.44. The van der Waals surface area contributed by atoms with Crippen molar-refractivity contribution in [2.24, 2.45) is 5.73 Å². The number of carbonyl (C=O) groups is 1. The van der Waals surface area contributed by atoms with Crippen LogP contribution in [0.3, 0.4) is 0 Å². The van der Waals surface area contributed by atoms with E-state index in [0.717, 1.165) is 6.54 Å². The van der Waals surface area contributed by atoms with Crippen molar-refractivity contribution in [1.82, 2.24) is 5.32 Å². The SMILES string of the molecule is CCSCCC(C)NCc1ccc(OCC(N)=O)cc1. The van der Waals surface area contributed by atoms with Crippen molar-refractivity contribution < 1.29 is 9.53 Å².